The summed E-state index contributed by atoms with van der Waals surface area (Å²) in [5.41, 5.74) is 0. The van der Waals surface area contributed by atoms with E-state index in [1.165, 1.54) is 6.92 Å². The van der Waals surface area contributed by atoms with Gasteiger partial charge in [0, 0.05) is 0 Å². The van der Waals surface area contributed by atoms with Crippen molar-refractivity contribution in [2.75, 3.05) is 0 Å². The maximum Gasteiger partial charge on any atom is 0.192 e. The van der Waals surface area contributed by atoms with Crippen LogP contribution in [0.4, 0.5) is 0 Å². The molecule has 1 unspecified atom stereocenters. The molecule has 0 spiro atoms. The molecule has 4 nitrogen and oxygen atoms in total. The number of hydrogen-bond acceptors (Lipinski definition) is 4. The Morgan fingerprint density at radius 3 is 2.00 bits per heavy atom. The molecule has 0 amide bonds. The molecule has 1 aliphatic heterocycles. The summed E-state index contributed by atoms with van der Waals surface area (Å²) in [4.78, 5) is 0. The highest BCUT2D eigenvalue weighted by Gasteiger charge is 2.48. The summed E-state index contributed by atoms with van der Waals surface area (Å²) in [5.74, 6) is -1.60. The van der Waals surface area contributed by atoms with Gasteiger partial charge in [0.2, 0.25) is 0 Å². The molecule has 60 valence electrons. The van der Waals surface area contributed by atoms with E-state index in [4.69, 9.17) is 14.9 Å². The largest absolute Gasteiger partial charge is 0.387 e. The van der Waals surface area contributed by atoms with Gasteiger partial charge >= 0.3 is 0 Å². The molecular weight excluding hydrogens is 136 g/mol. The Morgan fingerprint density at radius 1 is 1.40 bits per heavy atom. The van der Waals surface area contributed by atoms with E-state index in [9.17, 15) is 5.11 Å². The third kappa shape index (κ3) is 1.03. The Labute approximate surface area is 59.1 Å². The lowest BCUT2D eigenvalue weighted by Gasteiger charge is -2.19. The van der Waals surface area contributed by atoms with Crippen LogP contribution >= 0.6 is 0 Å². The van der Waals surface area contributed by atoms with E-state index < -0.39 is 24.1 Å². The molecular formula is C6H12O4. The predicted octanol–water partition coefficient (Wildman–Crippen LogP) is -1.16. The summed E-state index contributed by atoms with van der Waals surface area (Å²) in [7, 11) is 0. The van der Waals surface area contributed by atoms with Crippen molar-refractivity contribution in [3.05, 3.63) is 0 Å². The number of aliphatic hydroxyl groups is 3. The van der Waals surface area contributed by atoms with Crippen molar-refractivity contribution < 1.29 is 20.1 Å². The molecule has 3 N–H and O–H groups in total. The molecule has 1 fully saturated rings. The Hall–Kier alpha value is -0.160. The smallest absolute Gasteiger partial charge is 0.192 e. The van der Waals surface area contributed by atoms with Gasteiger partial charge in [-0.25, -0.2) is 0 Å². The fourth-order valence-electron chi connectivity index (χ4n) is 1.09. The van der Waals surface area contributed by atoms with Gasteiger partial charge in [-0.1, -0.05) is 0 Å². The Kier molecular flexibility index (Phi) is 1.72. The van der Waals surface area contributed by atoms with Gasteiger partial charge in [-0.15, -0.1) is 0 Å². The van der Waals surface area contributed by atoms with Crippen molar-refractivity contribution in [3.63, 3.8) is 0 Å². The fourth-order valence-corrected chi connectivity index (χ4v) is 1.09. The Morgan fingerprint density at radius 2 is 1.90 bits per heavy atom. The minimum Gasteiger partial charge on any atom is -0.387 e. The van der Waals surface area contributed by atoms with Gasteiger partial charge in [0.25, 0.3) is 0 Å². The molecule has 0 aromatic heterocycles. The maximum absolute atomic E-state index is 9.17. The third-order valence-electron chi connectivity index (χ3n) is 1.78. The first-order chi connectivity index (χ1) is 4.45. The van der Waals surface area contributed by atoms with E-state index in [-0.39, 0.29) is 0 Å². The monoisotopic (exact) mass is 148 g/mol. The van der Waals surface area contributed by atoms with E-state index >= 15 is 0 Å². The van der Waals surface area contributed by atoms with Gasteiger partial charge in [0.05, 0.1) is 6.10 Å². The summed E-state index contributed by atoms with van der Waals surface area (Å²) in [6.45, 7) is 2.92. The normalized spacial score (nSPS) is 55.5. The molecule has 1 saturated heterocycles. The molecule has 4 heteroatoms. The lowest BCUT2D eigenvalue weighted by atomic mass is 10.1. The first-order valence-corrected chi connectivity index (χ1v) is 3.21. The highest BCUT2D eigenvalue weighted by Crippen LogP contribution is 2.27. The van der Waals surface area contributed by atoms with Gasteiger partial charge in [-0.3, -0.25) is 0 Å². The van der Waals surface area contributed by atoms with Crippen LogP contribution in [0, 0.1) is 0 Å². The van der Waals surface area contributed by atoms with Crippen LogP contribution in [0.25, 0.3) is 0 Å². The van der Waals surface area contributed by atoms with Crippen LogP contribution < -0.4 is 0 Å². The predicted molar refractivity (Wildman–Crippen MR) is 33.2 cm³/mol. The van der Waals surface area contributed by atoms with Crippen molar-refractivity contribution in [1.82, 2.24) is 0 Å². The molecule has 0 radical (unpaired) electrons. The van der Waals surface area contributed by atoms with E-state index in [0.29, 0.717) is 0 Å². The topological polar surface area (TPSA) is 69.9 Å². The summed E-state index contributed by atoms with van der Waals surface area (Å²) in [6, 6.07) is 0. The summed E-state index contributed by atoms with van der Waals surface area (Å²) in [6.07, 6.45) is -2.71. The zero-order valence-electron chi connectivity index (χ0n) is 5.98. The van der Waals surface area contributed by atoms with Crippen LogP contribution in [-0.2, 0) is 4.74 Å². The Balaban J connectivity index is 2.71. The average molecular weight is 148 g/mol. The van der Waals surface area contributed by atoms with Crippen LogP contribution in [0.1, 0.15) is 13.8 Å². The van der Waals surface area contributed by atoms with Crippen LogP contribution in [0.2, 0.25) is 0 Å². The number of aliphatic hydroxyl groups excluding tert-OH is 2. The van der Waals surface area contributed by atoms with Crippen molar-refractivity contribution in [2.45, 2.75) is 37.9 Å². The Bertz CT molecular complexity index is 134. The molecule has 1 heterocycles. The summed E-state index contributed by atoms with van der Waals surface area (Å²) < 4.78 is 4.83. The molecule has 0 aromatic carbocycles. The van der Waals surface area contributed by atoms with E-state index in [1.54, 1.807) is 6.92 Å². The van der Waals surface area contributed by atoms with Gasteiger partial charge in [-0.05, 0) is 13.8 Å². The van der Waals surface area contributed by atoms with Crippen LogP contribution in [-0.4, -0.2) is 39.4 Å². The highest BCUT2D eigenvalue weighted by atomic mass is 16.7. The molecule has 1 aliphatic rings. The molecule has 0 aromatic rings. The first-order valence-electron chi connectivity index (χ1n) is 3.21. The fraction of sp³-hybridized carbons (Fsp3) is 1.00. The molecule has 0 saturated carbocycles. The van der Waals surface area contributed by atoms with Crippen molar-refractivity contribution >= 4 is 0 Å². The van der Waals surface area contributed by atoms with Crippen molar-refractivity contribution in [1.29, 1.82) is 0 Å². The van der Waals surface area contributed by atoms with Crippen LogP contribution in [0.15, 0.2) is 0 Å². The second-order valence-electron chi connectivity index (χ2n) is 2.81. The van der Waals surface area contributed by atoms with E-state index in [2.05, 4.69) is 0 Å². The number of ether oxygens (including phenoxy) is 1. The molecule has 0 aliphatic carbocycles. The molecule has 4 atom stereocenters. The molecule has 0 bridgehead atoms. The van der Waals surface area contributed by atoms with E-state index in [1.807, 2.05) is 0 Å². The van der Waals surface area contributed by atoms with Crippen LogP contribution in [0.3, 0.4) is 0 Å². The molecule has 10 heavy (non-hydrogen) atoms. The van der Waals surface area contributed by atoms with Gasteiger partial charge < -0.3 is 20.1 Å². The maximum atomic E-state index is 9.17. The van der Waals surface area contributed by atoms with E-state index in [0.717, 1.165) is 0 Å². The minimum absolute atomic E-state index is 0.509. The number of rotatable bonds is 0. The number of hydrogen-bond donors (Lipinski definition) is 3. The van der Waals surface area contributed by atoms with Crippen molar-refractivity contribution in [2.24, 2.45) is 0 Å². The summed E-state index contributed by atoms with van der Waals surface area (Å²) >= 11 is 0. The van der Waals surface area contributed by atoms with Crippen LogP contribution in [0.5, 0.6) is 0 Å². The van der Waals surface area contributed by atoms with Crippen molar-refractivity contribution in [3.8, 4) is 0 Å². The standard InChI is InChI=1S/C6H12O4/c1-3-4(7)5(8)6(2,9)10-3/h3-5,7-9H,1-2H3/t3-,4-,5-,6?/m0/s1. The van der Waals surface area contributed by atoms with Gasteiger partial charge in [0.15, 0.2) is 5.79 Å². The zero-order valence-corrected chi connectivity index (χ0v) is 5.98. The zero-order chi connectivity index (χ0) is 7.94. The average Bonchev–Trinajstić information content (AvgIpc) is 1.95. The second-order valence-corrected chi connectivity index (χ2v) is 2.81. The lowest BCUT2D eigenvalue weighted by molar-refractivity contribution is -0.212. The quantitative estimate of drug-likeness (QED) is 0.405. The SMILES string of the molecule is C[C@@H]1OC(C)(O)[C@@H](O)[C@H]1O. The third-order valence-corrected chi connectivity index (χ3v) is 1.78. The first kappa shape index (κ1) is 7.94. The second kappa shape index (κ2) is 2.17. The highest BCUT2D eigenvalue weighted by molar-refractivity contribution is 4.90. The minimum atomic E-state index is -1.60. The van der Waals surface area contributed by atoms with Gasteiger partial charge in [-0.2, -0.15) is 0 Å². The lowest BCUT2D eigenvalue weighted by Crippen LogP contribution is -2.40. The molecule has 1 rings (SSSR count). The summed E-state index contributed by atoms with van der Waals surface area (Å²) in [5, 5.41) is 27.3. The van der Waals surface area contributed by atoms with Gasteiger partial charge in [0.1, 0.15) is 12.2 Å².